The maximum Gasteiger partial charge on any atom is 0.251 e. The first-order chi connectivity index (χ1) is 22.8. The summed E-state index contributed by atoms with van der Waals surface area (Å²) in [5, 5.41) is 11.5. The van der Waals surface area contributed by atoms with Crippen LogP contribution in [0.4, 0.5) is 5.69 Å². The fourth-order valence-electron chi connectivity index (χ4n) is 8.23. The van der Waals surface area contributed by atoms with Crippen LogP contribution in [0, 0.1) is 11.8 Å². The number of fused-ring (bicyclic) bond motifs is 2. The summed E-state index contributed by atoms with van der Waals surface area (Å²) in [6, 6.07) is 23.3. The lowest BCUT2D eigenvalue weighted by molar-refractivity contribution is -0.145. The highest BCUT2D eigenvalue weighted by atomic mass is 32.2. The summed E-state index contributed by atoms with van der Waals surface area (Å²) in [6.07, 6.45) is 6.98. The first-order valence-corrected chi connectivity index (χ1v) is 17.6. The van der Waals surface area contributed by atoms with E-state index in [0.29, 0.717) is 45.4 Å². The molecule has 1 N–H and O–H groups in total. The Kier molecular flexibility index (Phi) is 9.62. The molecule has 0 aromatic heterocycles. The first-order valence-electron chi connectivity index (χ1n) is 16.7. The lowest BCUT2D eigenvalue weighted by Gasteiger charge is -2.38. The van der Waals surface area contributed by atoms with E-state index >= 15 is 4.79 Å². The van der Waals surface area contributed by atoms with E-state index in [1.54, 1.807) is 33.7 Å². The number of thioether (sulfide) groups is 1. The van der Waals surface area contributed by atoms with E-state index in [0.717, 1.165) is 34.9 Å². The highest BCUT2D eigenvalue weighted by Gasteiger charge is 2.77. The van der Waals surface area contributed by atoms with Crippen molar-refractivity contribution in [2.75, 3.05) is 31.1 Å². The van der Waals surface area contributed by atoms with Gasteiger partial charge in [0, 0.05) is 43.2 Å². The van der Waals surface area contributed by atoms with Gasteiger partial charge in [-0.2, -0.15) is 0 Å². The molecule has 8 heteroatoms. The second kappa shape index (κ2) is 13.7. The quantitative estimate of drug-likeness (QED) is 0.166. The van der Waals surface area contributed by atoms with E-state index in [9.17, 15) is 14.7 Å². The van der Waals surface area contributed by atoms with E-state index in [2.05, 4.69) is 20.1 Å². The third kappa shape index (κ3) is 5.91. The average Bonchev–Trinajstić information content (AvgIpc) is 3.65. The van der Waals surface area contributed by atoms with Gasteiger partial charge in [-0.05, 0) is 67.5 Å². The molecule has 3 fully saturated rings. The molecule has 5 atom stereocenters. The van der Waals surface area contributed by atoms with Gasteiger partial charge >= 0.3 is 0 Å². The van der Waals surface area contributed by atoms with Gasteiger partial charge in [0.2, 0.25) is 11.8 Å². The molecule has 3 amide bonds. The molecule has 2 unspecified atom stereocenters. The fraction of sp³-hybridized carbons (Fsp3) is 0.410. The third-order valence-corrected chi connectivity index (χ3v) is 12.3. The van der Waals surface area contributed by atoms with Crippen LogP contribution in [0.2, 0.25) is 0 Å². The molecular formula is C39H45N3O4S. The molecule has 3 aliphatic heterocycles. The minimum atomic E-state index is -0.719. The van der Waals surface area contributed by atoms with Crippen molar-refractivity contribution in [3.8, 4) is 0 Å². The summed E-state index contributed by atoms with van der Waals surface area (Å²) < 4.78 is -1.19. The number of benzene rings is 3. The zero-order chi connectivity index (χ0) is 33.2. The monoisotopic (exact) mass is 651 g/mol. The maximum atomic E-state index is 15.0. The summed E-state index contributed by atoms with van der Waals surface area (Å²) >= 11 is 1.70. The van der Waals surface area contributed by atoms with Crippen LogP contribution in [0.5, 0.6) is 0 Å². The van der Waals surface area contributed by atoms with Crippen molar-refractivity contribution < 1.29 is 19.5 Å². The van der Waals surface area contributed by atoms with Gasteiger partial charge in [-0.1, -0.05) is 72.8 Å². The molecule has 3 saturated heterocycles. The predicted octanol–water partition coefficient (Wildman–Crippen LogP) is 6.22. The minimum absolute atomic E-state index is 0.0468. The van der Waals surface area contributed by atoms with Gasteiger partial charge in [0.05, 0.1) is 16.6 Å². The number of anilines is 1. The summed E-state index contributed by atoms with van der Waals surface area (Å²) in [6.45, 7) is 11.6. The van der Waals surface area contributed by atoms with Crippen LogP contribution in [0.15, 0.2) is 98.1 Å². The minimum Gasteiger partial charge on any atom is -0.396 e. The predicted molar refractivity (Wildman–Crippen MR) is 190 cm³/mol. The largest absolute Gasteiger partial charge is 0.396 e. The third-order valence-electron chi connectivity index (χ3n) is 10.3. The summed E-state index contributed by atoms with van der Waals surface area (Å²) in [4.78, 5) is 49.8. The molecule has 1 spiro atoms. The summed E-state index contributed by atoms with van der Waals surface area (Å²) in [7, 11) is 0. The van der Waals surface area contributed by atoms with Crippen molar-refractivity contribution in [1.29, 1.82) is 0 Å². The topological polar surface area (TPSA) is 81.2 Å². The van der Waals surface area contributed by atoms with Crippen molar-refractivity contribution in [1.82, 2.24) is 9.80 Å². The molecular weight excluding hydrogens is 607 g/mol. The number of nitrogens with zero attached hydrogens (tertiary/aromatic N) is 3. The average molecular weight is 652 g/mol. The van der Waals surface area contributed by atoms with Crippen molar-refractivity contribution in [3.05, 3.63) is 104 Å². The molecule has 7 nitrogen and oxygen atoms in total. The number of carbonyl (C=O) groups is 3. The highest BCUT2D eigenvalue weighted by molar-refractivity contribution is 8.02. The van der Waals surface area contributed by atoms with Crippen LogP contribution in [-0.2, 0) is 20.9 Å². The molecule has 3 aromatic carbocycles. The van der Waals surface area contributed by atoms with Gasteiger partial charge in [0.25, 0.3) is 5.91 Å². The van der Waals surface area contributed by atoms with Crippen molar-refractivity contribution in [2.45, 2.75) is 61.1 Å². The fourth-order valence-corrected chi connectivity index (χ4v) is 10.6. The van der Waals surface area contributed by atoms with Gasteiger partial charge in [-0.15, -0.1) is 24.9 Å². The standard InChI is InChI=1S/C39H45N3O4S/c1-4-22-40(27-28-14-8-6-9-15-28)35(44)32-33-36(45)42(24-12-7-13-25-43)34(39(33)21-20-38(32,3)47-39)37(46)41(23-5-2)31-19-18-29-16-10-11-17-30(29)26-31/h4-6,8-11,14-19,26,32-34,43H,1-2,7,12-13,20-25,27H2,3H3/t32-,33+,34?,38+,39?/m1/s1. The van der Waals surface area contributed by atoms with Crippen LogP contribution in [0.25, 0.3) is 10.8 Å². The number of likely N-dealkylation sites (tertiary alicyclic amines) is 1. The van der Waals surface area contributed by atoms with Crippen LogP contribution in [0.1, 0.15) is 44.6 Å². The van der Waals surface area contributed by atoms with Crippen molar-refractivity contribution in [2.24, 2.45) is 11.8 Å². The molecule has 0 radical (unpaired) electrons. The lowest BCUT2D eigenvalue weighted by atomic mass is 9.66. The smallest absolute Gasteiger partial charge is 0.251 e. The molecule has 47 heavy (non-hydrogen) atoms. The number of aliphatic hydroxyl groups is 1. The zero-order valence-electron chi connectivity index (χ0n) is 27.2. The van der Waals surface area contributed by atoms with Crippen molar-refractivity contribution in [3.63, 3.8) is 0 Å². The van der Waals surface area contributed by atoms with Crippen LogP contribution in [-0.4, -0.2) is 74.4 Å². The number of rotatable bonds is 14. The molecule has 3 aliphatic rings. The molecule has 2 bridgehead atoms. The number of amides is 3. The van der Waals surface area contributed by atoms with Gasteiger partial charge < -0.3 is 19.8 Å². The summed E-state index contributed by atoms with van der Waals surface area (Å²) in [5.74, 6) is -1.43. The van der Waals surface area contributed by atoms with E-state index in [1.807, 2.05) is 77.7 Å². The first kappa shape index (κ1) is 33.0. The molecule has 246 valence electrons. The normalized spacial score (nSPS) is 26.0. The Bertz CT molecular complexity index is 1660. The van der Waals surface area contributed by atoms with Gasteiger partial charge in [0.1, 0.15) is 6.04 Å². The zero-order valence-corrected chi connectivity index (χ0v) is 28.0. The Hall–Kier alpha value is -3.88. The van der Waals surface area contributed by atoms with Gasteiger partial charge in [0.15, 0.2) is 0 Å². The van der Waals surface area contributed by atoms with Crippen molar-refractivity contribution >= 4 is 45.9 Å². The Morgan fingerprint density at radius 2 is 1.66 bits per heavy atom. The summed E-state index contributed by atoms with van der Waals surface area (Å²) in [5.41, 5.74) is 1.78. The van der Waals surface area contributed by atoms with E-state index in [-0.39, 0.29) is 24.3 Å². The second-order valence-corrected chi connectivity index (χ2v) is 15.2. The molecule has 3 heterocycles. The highest BCUT2D eigenvalue weighted by Crippen LogP contribution is 2.71. The number of unbranched alkanes of at least 4 members (excludes halogenated alkanes) is 2. The molecule has 3 aromatic rings. The number of hydrogen-bond donors (Lipinski definition) is 1. The van der Waals surface area contributed by atoms with E-state index in [4.69, 9.17) is 0 Å². The van der Waals surface area contributed by atoms with E-state index in [1.165, 1.54) is 0 Å². The number of hydrogen-bond acceptors (Lipinski definition) is 5. The second-order valence-electron chi connectivity index (χ2n) is 13.3. The Morgan fingerprint density at radius 3 is 2.38 bits per heavy atom. The lowest BCUT2D eigenvalue weighted by Crippen LogP contribution is -2.55. The Balaban J connectivity index is 1.39. The van der Waals surface area contributed by atoms with Gasteiger partial charge in [-0.3, -0.25) is 14.4 Å². The van der Waals surface area contributed by atoms with E-state index < -0.39 is 27.4 Å². The molecule has 0 aliphatic carbocycles. The Labute approximate surface area is 282 Å². The molecule has 0 saturated carbocycles. The SMILES string of the molecule is C=CCN(Cc1ccccc1)C(=O)[C@H]1[C@H]2C(=O)N(CCCCCO)C(C(=O)N(CC=C)c3ccc4ccccc4c3)C23CC[C@]1(C)S3. The Morgan fingerprint density at radius 1 is 0.936 bits per heavy atom. The number of aliphatic hydroxyl groups excluding tert-OH is 1. The van der Waals surface area contributed by atoms with Crippen LogP contribution in [0.3, 0.4) is 0 Å². The van der Waals surface area contributed by atoms with Gasteiger partial charge in [-0.25, -0.2) is 0 Å². The van der Waals surface area contributed by atoms with Crippen LogP contribution >= 0.6 is 11.8 Å². The number of carbonyl (C=O) groups excluding carboxylic acids is 3. The maximum absolute atomic E-state index is 15.0. The van der Waals surface area contributed by atoms with Crippen LogP contribution < -0.4 is 4.90 Å². The molecule has 6 rings (SSSR count).